The number of phenolic OH excluding ortho intramolecular Hbond substituents is 1. The molecule has 0 aliphatic heterocycles. The minimum Gasteiger partial charge on any atom is -0.506 e. The topological polar surface area (TPSA) is 70.0 Å². The van der Waals surface area contributed by atoms with Gasteiger partial charge in [-0.05, 0) is 28.1 Å². The van der Waals surface area contributed by atoms with Gasteiger partial charge in [0.2, 0.25) is 0 Å². The van der Waals surface area contributed by atoms with E-state index in [0.717, 1.165) is 0 Å². The van der Waals surface area contributed by atoms with Gasteiger partial charge in [-0.15, -0.1) is 0 Å². The Hall–Kier alpha value is -0.570. The second-order valence-electron chi connectivity index (χ2n) is 2.40. The molecule has 0 bridgehead atoms. The van der Waals surface area contributed by atoms with Crippen molar-refractivity contribution in [2.75, 3.05) is 0 Å². The molecule has 1 aromatic carbocycles. The molecule has 1 aromatic rings. The van der Waals surface area contributed by atoms with Gasteiger partial charge in [0.15, 0.2) is 0 Å². The van der Waals surface area contributed by atoms with Crippen molar-refractivity contribution in [2.45, 2.75) is 6.04 Å². The van der Waals surface area contributed by atoms with Crippen LogP contribution in [0.3, 0.4) is 0 Å². The fourth-order valence-electron chi connectivity index (χ4n) is 0.917. The Balaban J connectivity index is 3.35. The number of hydrogen-bond donors (Lipinski definition) is 2. The Kier molecular flexibility index (Phi) is 3.31. The normalized spacial score (nSPS) is 12.2. The first-order valence-corrected chi connectivity index (χ1v) is 4.98. The number of phenols is 1. The van der Waals surface area contributed by atoms with E-state index in [2.05, 4.69) is 31.9 Å². The third kappa shape index (κ3) is 2.02. The molecule has 0 fully saturated rings. The second-order valence-corrected chi connectivity index (χ2v) is 4.11. The van der Waals surface area contributed by atoms with Crippen molar-refractivity contribution in [1.82, 2.24) is 0 Å². The molecule has 0 aliphatic rings. The van der Waals surface area contributed by atoms with Crippen LogP contribution in [0.15, 0.2) is 21.1 Å². The van der Waals surface area contributed by atoms with Crippen molar-refractivity contribution in [2.24, 2.45) is 5.73 Å². The molecule has 5 heteroatoms. The van der Waals surface area contributed by atoms with Crippen molar-refractivity contribution in [3.05, 3.63) is 26.6 Å². The largest absolute Gasteiger partial charge is 0.506 e. The molecule has 3 nitrogen and oxygen atoms in total. The molecule has 0 heterocycles. The first kappa shape index (κ1) is 10.5. The van der Waals surface area contributed by atoms with Crippen LogP contribution in [0.1, 0.15) is 11.6 Å². The van der Waals surface area contributed by atoms with E-state index in [4.69, 9.17) is 11.0 Å². The average Bonchev–Trinajstić information content (AvgIpc) is 2.12. The number of aromatic hydroxyl groups is 1. The van der Waals surface area contributed by atoms with Crippen LogP contribution in [0.25, 0.3) is 0 Å². The number of nitrogens with zero attached hydrogens (tertiary/aromatic N) is 1. The van der Waals surface area contributed by atoms with Gasteiger partial charge in [-0.2, -0.15) is 5.26 Å². The molecule has 0 saturated carbocycles. The van der Waals surface area contributed by atoms with E-state index in [1.807, 2.05) is 6.07 Å². The summed E-state index contributed by atoms with van der Waals surface area (Å²) < 4.78 is 1.15. The highest BCUT2D eigenvalue weighted by Gasteiger charge is 2.15. The molecule has 0 saturated heterocycles. The summed E-state index contributed by atoms with van der Waals surface area (Å²) in [4.78, 5) is 0. The number of nitrogens with two attached hydrogens (primary N) is 1. The number of halogens is 2. The number of rotatable bonds is 1. The van der Waals surface area contributed by atoms with Gasteiger partial charge >= 0.3 is 0 Å². The SMILES string of the molecule is N#C[C@H](N)c1c(Br)ccc(Br)c1O. The number of nitriles is 1. The first-order valence-electron chi connectivity index (χ1n) is 3.40. The lowest BCUT2D eigenvalue weighted by Gasteiger charge is -2.09. The molecule has 68 valence electrons. The zero-order valence-electron chi connectivity index (χ0n) is 6.46. The van der Waals surface area contributed by atoms with Gasteiger partial charge in [-0.1, -0.05) is 15.9 Å². The van der Waals surface area contributed by atoms with Crippen molar-refractivity contribution in [1.29, 1.82) is 5.26 Å². The lowest BCUT2D eigenvalue weighted by molar-refractivity contribution is 0.462. The van der Waals surface area contributed by atoms with Crippen LogP contribution in [-0.2, 0) is 0 Å². The van der Waals surface area contributed by atoms with Gasteiger partial charge < -0.3 is 10.8 Å². The summed E-state index contributed by atoms with van der Waals surface area (Å²) in [5.41, 5.74) is 5.89. The highest BCUT2D eigenvalue weighted by molar-refractivity contribution is 9.11. The zero-order valence-corrected chi connectivity index (χ0v) is 9.63. The summed E-state index contributed by atoms with van der Waals surface area (Å²) in [6, 6.07) is 4.42. The van der Waals surface area contributed by atoms with E-state index < -0.39 is 6.04 Å². The first-order chi connectivity index (χ1) is 6.07. The quantitative estimate of drug-likeness (QED) is 0.837. The summed E-state index contributed by atoms with van der Waals surface area (Å²) in [6.45, 7) is 0. The molecule has 0 spiro atoms. The monoisotopic (exact) mass is 304 g/mol. The smallest absolute Gasteiger partial charge is 0.136 e. The van der Waals surface area contributed by atoms with E-state index in [-0.39, 0.29) is 5.75 Å². The van der Waals surface area contributed by atoms with Gasteiger partial charge in [0.1, 0.15) is 11.8 Å². The Labute approximate surface area is 92.4 Å². The molecular weight excluding hydrogens is 300 g/mol. The highest BCUT2D eigenvalue weighted by Crippen LogP contribution is 2.36. The van der Waals surface area contributed by atoms with Crippen LogP contribution < -0.4 is 5.73 Å². The van der Waals surface area contributed by atoms with Gasteiger partial charge in [-0.25, -0.2) is 0 Å². The minimum atomic E-state index is -0.827. The fraction of sp³-hybridized carbons (Fsp3) is 0.125. The fourth-order valence-corrected chi connectivity index (χ4v) is 1.83. The molecule has 0 amide bonds. The Morgan fingerprint density at radius 3 is 2.46 bits per heavy atom. The summed E-state index contributed by atoms with van der Waals surface area (Å²) >= 11 is 6.35. The van der Waals surface area contributed by atoms with Crippen molar-refractivity contribution >= 4 is 31.9 Å². The Bertz CT molecular complexity index is 373. The van der Waals surface area contributed by atoms with Gasteiger partial charge in [0, 0.05) is 10.0 Å². The zero-order chi connectivity index (χ0) is 10.0. The summed E-state index contributed by atoms with van der Waals surface area (Å²) in [7, 11) is 0. The van der Waals surface area contributed by atoms with E-state index >= 15 is 0 Å². The van der Waals surface area contributed by atoms with E-state index in [9.17, 15) is 5.11 Å². The van der Waals surface area contributed by atoms with Crippen LogP contribution in [0.2, 0.25) is 0 Å². The van der Waals surface area contributed by atoms with Crippen LogP contribution in [-0.4, -0.2) is 5.11 Å². The molecular formula is C8H6Br2N2O. The van der Waals surface area contributed by atoms with Gasteiger partial charge in [0.25, 0.3) is 0 Å². The lowest BCUT2D eigenvalue weighted by atomic mass is 10.1. The maximum atomic E-state index is 9.57. The summed E-state index contributed by atoms with van der Waals surface area (Å²) in [5, 5.41) is 18.2. The Morgan fingerprint density at radius 2 is 1.92 bits per heavy atom. The van der Waals surface area contributed by atoms with E-state index in [1.54, 1.807) is 12.1 Å². The van der Waals surface area contributed by atoms with Crippen molar-refractivity contribution in [3.8, 4) is 11.8 Å². The Morgan fingerprint density at radius 1 is 1.38 bits per heavy atom. The number of benzene rings is 1. The van der Waals surface area contributed by atoms with E-state index in [1.165, 1.54) is 0 Å². The third-order valence-electron chi connectivity index (χ3n) is 1.56. The van der Waals surface area contributed by atoms with Crippen LogP contribution in [0.5, 0.6) is 5.75 Å². The molecule has 13 heavy (non-hydrogen) atoms. The summed E-state index contributed by atoms with van der Waals surface area (Å²) in [5.74, 6) is 0.00317. The predicted octanol–water partition coefficient (Wildman–Crippen LogP) is 2.44. The summed E-state index contributed by atoms with van der Waals surface area (Å²) in [6.07, 6.45) is 0. The van der Waals surface area contributed by atoms with Crippen molar-refractivity contribution in [3.63, 3.8) is 0 Å². The van der Waals surface area contributed by atoms with Crippen LogP contribution in [0.4, 0.5) is 0 Å². The molecule has 0 radical (unpaired) electrons. The average molecular weight is 306 g/mol. The van der Waals surface area contributed by atoms with Gasteiger partial charge in [-0.3, -0.25) is 0 Å². The van der Waals surface area contributed by atoms with E-state index in [0.29, 0.717) is 14.5 Å². The minimum absolute atomic E-state index is 0.00317. The standard InChI is InChI=1S/C8H6Br2N2O/c9-4-1-2-5(10)8(13)7(4)6(12)3-11/h1-2,6,13H,12H2/t6-/m0/s1. The maximum Gasteiger partial charge on any atom is 0.136 e. The molecule has 1 atom stereocenters. The van der Waals surface area contributed by atoms with Crippen molar-refractivity contribution < 1.29 is 5.11 Å². The molecule has 0 aliphatic carbocycles. The molecule has 1 rings (SSSR count). The highest BCUT2D eigenvalue weighted by atomic mass is 79.9. The predicted molar refractivity (Wildman–Crippen MR) is 56.0 cm³/mol. The molecule has 3 N–H and O–H groups in total. The molecule has 0 aromatic heterocycles. The lowest BCUT2D eigenvalue weighted by Crippen LogP contribution is -2.08. The van der Waals surface area contributed by atoms with Gasteiger partial charge in [0.05, 0.1) is 10.5 Å². The maximum absolute atomic E-state index is 9.57. The molecule has 0 unspecified atom stereocenters. The number of hydrogen-bond acceptors (Lipinski definition) is 3. The van der Waals surface area contributed by atoms with Crippen LogP contribution >= 0.6 is 31.9 Å². The third-order valence-corrected chi connectivity index (χ3v) is 2.90. The van der Waals surface area contributed by atoms with Crippen LogP contribution in [0, 0.1) is 11.3 Å². The second kappa shape index (κ2) is 4.09.